The number of aromatic nitrogens is 1. The number of aromatic amines is 1. The van der Waals surface area contributed by atoms with E-state index in [-0.39, 0.29) is 75.4 Å². The fourth-order valence-corrected chi connectivity index (χ4v) is 6.18. The van der Waals surface area contributed by atoms with Crippen molar-refractivity contribution in [1.29, 1.82) is 0 Å². The van der Waals surface area contributed by atoms with Gasteiger partial charge in [-0.3, -0.25) is 29.3 Å². The van der Waals surface area contributed by atoms with Gasteiger partial charge >= 0.3 is 29.8 Å². The topological polar surface area (TPSA) is 212 Å². The average molecular weight is 762 g/mol. The molecule has 1 aromatic heterocycles. The molecule has 0 radical (unpaired) electrons. The number of nitrogens with zero attached hydrogens (tertiary/aromatic N) is 2. The Hall–Kier alpha value is -6.32. The number of nitro groups is 1. The summed E-state index contributed by atoms with van der Waals surface area (Å²) in [7, 11) is 4.94. The SMILES string of the molecule is COC(=O)CCC1=C(CC(=O)OC)C(C)(Cc2[nH]c(C(=O)OCc3ccccc3)c(CCC(=O)OC)c2CC(=O)OC)N=C1OCc1ccc([N+](=O)[O-])cc1. The molecule has 16 heteroatoms. The van der Waals surface area contributed by atoms with Crippen molar-refractivity contribution in [3.05, 3.63) is 109 Å². The van der Waals surface area contributed by atoms with E-state index in [1.807, 2.05) is 6.07 Å². The number of carbonyl (C=O) groups excluding carboxylic acids is 5. The van der Waals surface area contributed by atoms with E-state index in [2.05, 4.69) is 4.98 Å². The van der Waals surface area contributed by atoms with Crippen molar-refractivity contribution >= 4 is 41.4 Å². The summed E-state index contributed by atoms with van der Waals surface area (Å²) in [5.41, 5.74) is 1.91. The van der Waals surface area contributed by atoms with Crippen LogP contribution in [0, 0.1) is 10.1 Å². The van der Waals surface area contributed by atoms with Crippen LogP contribution in [-0.4, -0.2) is 79.6 Å². The Morgan fingerprint density at radius 1 is 0.745 bits per heavy atom. The van der Waals surface area contributed by atoms with Crippen molar-refractivity contribution in [3.63, 3.8) is 0 Å². The Morgan fingerprint density at radius 3 is 1.93 bits per heavy atom. The molecule has 4 rings (SSSR count). The Bertz CT molecular complexity index is 1970. The number of nitrogens with one attached hydrogen (secondary N) is 1. The minimum absolute atomic E-state index is 0.00406. The number of methoxy groups -OCH3 is 4. The maximum atomic E-state index is 13.7. The third-order valence-corrected chi connectivity index (χ3v) is 9.10. The van der Waals surface area contributed by atoms with E-state index in [0.29, 0.717) is 33.5 Å². The Balaban J connectivity index is 1.83. The summed E-state index contributed by atoms with van der Waals surface area (Å²) in [6.45, 7) is 1.62. The number of benzene rings is 2. The second-order valence-corrected chi connectivity index (χ2v) is 12.7. The maximum Gasteiger partial charge on any atom is 0.355 e. The van der Waals surface area contributed by atoms with E-state index in [1.54, 1.807) is 31.2 Å². The maximum absolute atomic E-state index is 13.7. The quantitative estimate of drug-likeness (QED) is 0.0796. The predicted molar refractivity (Wildman–Crippen MR) is 195 cm³/mol. The average Bonchev–Trinajstić information content (AvgIpc) is 3.65. The van der Waals surface area contributed by atoms with Gasteiger partial charge in [-0.15, -0.1) is 0 Å². The number of esters is 5. The number of hydrogen-bond acceptors (Lipinski definition) is 14. The van der Waals surface area contributed by atoms with Gasteiger partial charge in [0.15, 0.2) is 0 Å². The van der Waals surface area contributed by atoms with Crippen molar-refractivity contribution in [2.24, 2.45) is 4.99 Å². The molecular weight excluding hydrogens is 718 g/mol. The number of rotatable bonds is 18. The van der Waals surface area contributed by atoms with Crippen LogP contribution in [0.4, 0.5) is 5.69 Å². The number of nitro benzene ring substituents is 1. The minimum atomic E-state index is -1.29. The molecule has 1 aliphatic heterocycles. The van der Waals surface area contributed by atoms with E-state index < -0.39 is 40.3 Å². The lowest BCUT2D eigenvalue weighted by Crippen LogP contribution is -2.29. The van der Waals surface area contributed by atoms with Gasteiger partial charge in [0.1, 0.15) is 18.9 Å². The molecule has 16 nitrogen and oxygen atoms in total. The van der Waals surface area contributed by atoms with Crippen molar-refractivity contribution in [2.75, 3.05) is 28.4 Å². The lowest BCUT2D eigenvalue weighted by Gasteiger charge is -2.25. The second kappa shape index (κ2) is 19.1. The largest absolute Gasteiger partial charge is 0.473 e. The molecule has 2 heterocycles. The van der Waals surface area contributed by atoms with Gasteiger partial charge in [-0.25, -0.2) is 9.79 Å². The van der Waals surface area contributed by atoms with Gasteiger partial charge in [0.2, 0.25) is 5.90 Å². The first-order valence-corrected chi connectivity index (χ1v) is 17.2. The molecule has 0 bridgehead atoms. The second-order valence-electron chi connectivity index (χ2n) is 12.7. The lowest BCUT2D eigenvalue weighted by atomic mass is 9.82. The number of carbonyl (C=O) groups is 5. The van der Waals surface area contributed by atoms with Gasteiger partial charge in [-0.05, 0) is 59.7 Å². The fourth-order valence-electron chi connectivity index (χ4n) is 6.18. The van der Waals surface area contributed by atoms with Crippen LogP contribution in [0.1, 0.15) is 71.0 Å². The number of ether oxygens (including phenoxy) is 6. The van der Waals surface area contributed by atoms with Crippen LogP contribution in [-0.2, 0) is 80.1 Å². The van der Waals surface area contributed by atoms with Crippen LogP contribution in [0.2, 0.25) is 0 Å². The molecular formula is C39H43N3O13. The number of non-ortho nitro benzene ring substituents is 1. The van der Waals surface area contributed by atoms with Crippen LogP contribution in [0.3, 0.4) is 0 Å². The fraction of sp³-hybridized carbons (Fsp3) is 0.385. The van der Waals surface area contributed by atoms with Crippen LogP contribution < -0.4 is 0 Å². The monoisotopic (exact) mass is 761 g/mol. The van der Waals surface area contributed by atoms with Crippen LogP contribution in [0.25, 0.3) is 0 Å². The van der Waals surface area contributed by atoms with Gasteiger partial charge in [-0.2, -0.15) is 0 Å². The van der Waals surface area contributed by atoms with E-state index in [0.717, 1.165) is 5.56 Å². The lowest BCUT2D eigenvalue weighted by molar-refractivity contribution is -0.384. The van der Waals surface area contributed by atoms with Gasteiger partial charge < -0.3 is 33.4 Å². The van der Waals surface area contributed by atoms with Gasteiger partial charge in [0, 0.05) is 42.7 Å². The third-order valence-electron chi connectivity index (χ3n) is 9.10. The van der Waals surface area contributed by atoms with E-state index in [4.69, 9.17) is 33.4 Å². The smallest absolute Gasteiger partial charge is 0.355 e. The summed E-state index contributed by atoms with van der Waals surface area (Å²) in [6, 6.07) is 14.8. The zero-order chi connectivity index (χ0) is 40.1. The summed E-state index contributed by atoms with van der Waals surface area (Å²) in [5, 5.41) is 11.2. The molecule has 3 aromatic rings. The highest BCUT2D eigenvalue weighted by Gasteiger charge is 2.42. The summed E-state index contributed by atoms with van der Waals surface area (Å²) in [5.74, 6) is -2.92. The third kappa shape index (κ3) is 10.9. The number of H-pyrrole nitrogens is 1. The van der Waals surface area contributed by atoms with Crippen molar-refractivity contribution in [2.45, 2.75) is 70.6 Å². The Morgan fingerprint density at radius 2 is 1.33 bits per heavy atom. The standard InChI is InChI=1S/C39H43N3O13/c1-39(30(20-35(46)53-5)28(16-18-33(44)51-3)37(41-39)54-22-25-11-13-26(14-12-25)42(48)49)21-31-29(19-34(45)52-4)27(15-17-32(43)50-2)36(40-31)38(47)55-23-24-9-7-6-8-10-24/h6-14,40H,15-23H2,1-5H3. The molecule has 2 aromatic carbocycles. The van der Waals surface area contributed by atoms with Gasteiger partial charge in [-0.1, -0.05) is 30.3 Å². The molecule has 1 N–H and O–H groups in total. The normalized spacial score (nSPS) is 14.8. The molecule has 0 saturated carbocycles. The zero-order valence-electron chi connectivity index (χ0n) is 31.3. The minimum Gasteiger partial charge on any atom is -0.473 e. The highest BCUT2D eigenvalue weighted by molar-refractivity contribution is 5.99. The van der Waals surface area contributed by atoms with Crippen molar-refractivity contribution < 1.29 is 57.3 Å². The molecule has 292 valence electrons. The predicted octanol–water partition coefficient (Wildman–Crippen LogP) is 4.84. The molecule has 1 unspecified atom stereocenters. The summed E-state index contributed by atoms with van der Waals surface area (Å²) < 4.78 is 31.6. The van der Waals surface area contributed by atoms with E-state index >= 15 is 0 Å². The Labute approximate surface area is 316 Å². The first-order valence-electron chi connectivity index (χ1n) is 17.2. The van der Waals surface area contributed by atoms with Crippen LogP contribution in [0.5, 0.6) is 0 Å². The first kappa shape index (κ1) is 41.4. The van der Waals surface area contributed by atoms with Crippen molar-refractivity contribution in [1.82, 2.24) is 4.98 Å². The zero-order valence-corrected chi connectivity index (χ0v) is 31.3. The van der Waals surface area contributed by atoms with Crippen molar-refractivity contribution in [3.8, 4) is 0 Å². The molecule has 0 saturated heterocycles. The molecule has 1 aliphatic rings. The van der Waals surface area contributed by atoms with E-state index in [1.165, 1.54) is 52.7 Å². The first-order chi connectivity index (χ1) is 26.3. The molecule has 0 fully saturated rings. The van der Waals surface area contributed by atoms with Crippen LogP contribution in [0.15, 0.2) is 70.7 Å². The Kier molecular flexibility index (Phi) is 14.4. The molecule has 0 spiro atoms. The summed E-state index contributed by atoms with van der Waals surface area (Å²) >= 11 is 0. The molecule has 1 atom stereocenters. The molecule has 0 aliphatic carbocycles. The summed E-state index contributed by atoms with van der Waals surface area (Å²) in [4.78, 5) is 82.9. The highest BCUT2D eigenvalue weighted by Crippen LogP contribution is 2.41. The number of aliphatic imine (C=N–C) groups is 1. The van der Waals surface area contributed by atoms with Gasteiger partial charge in [0.25, 0.3) is 5.69 Å². The highest BCUT2D eigenvalue weighted by atomic mass is 16.6. The number of hydrogen-bond donors (Lipinski definition) is 1. The molecule has 0 amide bonds. The molecule has 55 heavy (non-hydrogen) atoms. The van der Waals surface area contributed by atoms with Crippen LogP contribution >= 0.6 is 0 Å². The van der Waals surface area contributed by atoms with E-state index in [9.17, 15) is 34.1 Å². The van der Waals surface area contributed by atoms with Gasteiger partial charge in [0.05, 0.1) is 51.7 Å². The summed E-state index contributed by atoms with van der Waals surface area (Å²) in [6.07, 6.45) is -0.724.